The molecule has 4 rings (SSSR count). The van der Waals surface area contributed by atoms with Crippen molar-refractivity contribution in [1.82, 2.24) is 15.5 Å². The number of rotatable bonds is 4. The number of nitrogens with one attached hydrogen (secondary N) is 2. The maximum absolute atomic E-state index is 13.6. The number of halogens is 1. The van der Waals surface area contributed by atoms with E-state index >= 15 is 0 Å². The maximum atomic E-state index is 13.6. The van der Waals surface area contributed by atoms with Crippen molar-refractivity contribution in [3.8, 4) is 0 Å². The minimum Gasteiger partial charge on any atom is -0.339 e. The van der Waals surface area contributed by atoms with E-state index in [9.17, 15) is 14.0 Å². The van der Waals surface area contributed by atoms with E-state index in [0.29, 0.717) is 11.4 Å². The second kappa shape index (κ2) is 7.98. The van der Waals surface area contributed by atoms with E-state index in [4.69, 9.17) is 0 Å². The van der Waals surface area contributed by atoms with Crippen molar-refractivity contribution in [3.05, 3.63) is 82.3 Å². The summed E-state index contributed by atoms with van der Waals surface area (Å²) in [6, 6.07) is 12.3. The van der Waals surface area contributed by atoms with Gasteiger partial charge in [0.15, 0.2) is 0 Å². The standard InChI is InChI=1S/C24H25FN4O2/c1-13(2)29-22-19(15(4)27-28-22)20(16-8-10-18(25)11-9-16)21(24(29)31)26-23(30)17-7-5-6-14(3)12-17/h5-13,20-21H,1-4H3,(H,26,30)(H,27,28)/t20-,21-/m0/s1. The average molecular weight is 420 g/mol. The normalized spacial score (nSPS) is 18.3. The summed E-state index contributed by atoms with van der Waals surface area (Å²) in [6.45, 7) is 7.59. The van der Waals surface area contributed by atoms with Crippen LogP contribution in [0.15, 0.2) is 48.5 Å². The lowest BCUT2D eigenvalue weighted by atomic mass is 9.80. The highest BCUT2D eigenvalue weighted by atomic mass is 19.1. The van der Waals surface area contributed by atoms with E-state index in [1.54, 1.807) is 29.2 Å². The molecule has 0 spiro atoms. The van der Waals surface area contributed by atoms with Gasteiger partial charge in [-0.15, -0.1) is 0 Å². The number of anilines is 1. The number of amides is 2. The predicted molar refractivity (Wildman–Crippen MR) is 117 cm³/mol. The summed E-state index contributed by atoms with van der Waals surface area (Å²) in [5.41, 5.74) is 3.73. The molecule has 7 heteroatoms. The highest BCUT2D eigenvalue weighted by Crippen LogP contribution is 2.41. The van der Waals surface area contributed by atoms with Gasteiger partial charge in [0.2, 0.25) is 0 Å². The van der Waals surface area contributed by atoms with Gasteiger partial charge in [-0.25, -0.2) is 4.39 Å². The molecular formula is C24H25FN4O2. The fraction of sp³-hybridized carbons (Fsp3) is 0.292. The Morgan fingerprint density at radius 2 is 1.87 bits per heavy atom. The second-order valence-corrected chi connectivity index (χ2v) is 8.22. The molecule has 6 nitrogen and oxygen atoms in total. The fourth-order valence-electron chi connectivity index (χ4n) is 4.25. The van der Waals surface area contributed by atoms with E-state index in [1.807, 2.05) is 39.8 Å². The lowest BCUT2D eigenvalue weighted by Crippen LogP contribution is -2.57. The molecule has 2 amide bonds. The third-order valence-corrected chi connectivity index (χ3v) is 5.68. The number of hydrogen-bond acceptors (Lipinski definition) is 3. The van der Waals surface area contributed by atoms with Crippen LogP contribution < -0.4 is 10.2 Å². The summed E-state index contributed by atoms with van der Waals surface area (Å²) in [4.78, 5) is 28.3. The Morgan fingerprint density at radius 1 is 1.16 bits per heavy atom. The number of fused-ring (bicyclic) bond motifs is 1. The first-order valence-electron chi connectivity index (χ1n) is 10.3. The van der Waals surface area contributed by atoms with E-state index < -0.39 is 12.0 Å². The van der Waals surface area contributed by atoms with Crippen LogP contribution in [0.1, 0.15) is 52.5 Å². The van der Waals surface area contributed by atoms with Gasteiger partial charge >= 0.3 is 0 Å². The van der Waals surface area contributed by atoms with Crippen molar-refractivity contribution in [2.45, 2.75) is 45.7 Å². The Balaban J connectivity index is 1.83. The number of carbonyl (C=O) groups is 2. The Hall–Kier alpha value is -3.48. The fourth-order valence-corrected chi connectivity index (χ4v) is 4.25. The number of H-pyrrole nitrogens is 1. The Labute approximate surface area is 180 Å². The van der Waals surface area contributed by atoms with Crippen LogP contribution in [0.5, 0.6) is 0 Å². The first kappa shape index (κ1) is 20.8. The summed E-state index contributed by atoms with van der Waals surface area (Å²) in [6.07, 6.45) is 0. The van der Waals surface area contributed by atoms with Gasteiger partial charge in [0, 0.05) is 23.1 Å². The number of aromatic nitrogens is 2. The molecule has 0 saturated carbocycles. The smallest absolute Gasteiger partial charge is 0.251 e. The second-order valence-electron chi connectivity index (χ2n) is 8.22. The van der Waals surface area contributed by atoms with Crippen LogP contribution in [0.2, 0.25) is 0 Å². The molecule has 160 valence electrons. The zero-order valence-corrected chi connectivity index (χ0v) is 17.9. The minimum absolute atomic E-state index is 0.140. The van der Waals surface area contributed by atoms with Crippen LogP contribution in [0, 0.1) is 19.7 Å². The van der Waals surface area contributed by atoms with E-state index in [-0.39, 0.29) is 23.7 Å². The summed E-state index contributed by atoms with van der Waals surface area (Å²) < 4.78 is 13.6. The molecule has 0 unspecified atom stereocenters. The molecule has 1 aromatic heterocycles. The maximum Gasteiger partial charge on any atom is 0.251 e. The quantitative estimate of drug-likeness (QED) is 0.673. The lowest BCUT2D eigenvalue weighted by Gasteiger charge is -2.39. The van der Waals surface area contributed by atoms with Gasteiger partial charge in [-0.1, -0.05) is 29.8 Å². The monoisotopic (exact) mass is 420 g/mol. The molecule has 1 aliphatic heterocycles. The molecule has 3 aromatic rings. The van der Waals surface area contributed by atoms with E-state index in [2.05, 4.69) is 15.5 Å². The molecule has 2 aromatic carbocycles. The molecular weight excluding hydrogens is 395 g/mol. The molecule has 1 aliphatic rings. The van der Waals surface area contributed by atoms with Crippen molar-refractivity contribution in [3.63, 3.8) is 0 Å². The Morgan fingerprint density at radius 3 is 2.52 bits per heavy atom. The first-order chi connectivity index (χ1) is 14.8. The molecule has 0 aliphatic carbocycles. The molecule has 2 heterocycles. The SMILES string of the molecule is Cc1cccc(C(=O)N[C@@H]2C(=O)N(C(C)C)c3[nH]nc(C)c3[C@@H]2c2ccc(F)cc2)c1. The van der Waals surface area contributed by atoms with Crippen molar-refractivity contribution >= 4 is 17.6 Å². The van der Waals surface area contributed by atoms with Gasteiger partial charge in [0.1, 0.15) is 17.7 Å². The van der Waals surface area contributed by atoms with Crippen molar-refractivity contribution < 1.29 is 14.0 Å². The largest absolute Gasteiger partial charge is 0.339 e. The van der Waals surface area contributed by atoms with E-state index in [1.165, 1.54) is 12.1 Å². The minimum atomic E-state index is -0.857. The molecule has 2 N–H and O–H groups in total. The predicted octanol–water partition coefficient (Wildman–Crippen LogP) is 3.85. The molecule has 31 heavy (non-hydrogen) atoms. The Bertz CT molecular complexity index is 1140. The van der Waals surface area contributed by atoms with Crippen LogP contribution in [-0.4, -0.2) is 34.1 Å². The number of nitrogens with zero attached hydrogens (tertiary/aromatic N) is 2. The molecule has 0 saturated heterocycles. The third kappa shape index (κ3) is 3.71. The number of hydrogen-bond donors (Lipinski definition) is 2. The summed E-state index contributed by atoms with van der Waals surface area (Å²) >= 11 is 0. The van der Waals surface area contributed by atoms with Gasteiger partial charge in [0.25, 0.3) is 11.8 Å². The topological polar surface area (TPSA) is 78.1 Å². The highest BCUT2D eigenvalue weighted by Gasteiger charge is 2.45. The zero-order valence-electron chi connectivity index (χ0n) is 17.9. The average Bonchev–Trinajstić information content (AvgIpc) is 3.10. The molecule has 2 atom stereocenters. The van der Waals surface area contributed by atoms with E-state index in [0.717, 1.165) is 22.4 Å². The summed E-state index contributed by atoms with van der Waals surface area (Å²) in [7, 11) is 0. The van der Waals surface area contributed by atoms with Crippen LogP contribution >= 0.6 is 0 Å². The number of aromatic amines is 1. The molecule has 0 fully saturated rings. The van der Waals surface area contributed by atoms with Gasteiger partial charge < -0.3 is 5.32 Å². The Kier molecular flexibility index (Phi) is 5.35. The van der Waals surface area contributed by atoms with Crippen LogP contribution in [0.25, 0.3) is 0 Å². The van der Waals surface area contributed by atoms with Crippen LogP contribution in [-0.2, 0) is 4.79 Å². The van der Waals surface area contributed by atoms with Gasteiger partial charge in [-0.2, -0.15) is 5.10 Å². The number of aryl methyl sites for hydroxylation is 2. The van der Waals surface area contributed by atoms with Crippen molar-refractivity contribution in [2.75, 3.05) is 4.90 Å². The zero-order chi connectivity index (χ0) is 22.3. The van der Waals surface area contributed by atoms with Crippen LogP contribution in [0.4, 0.5) is 10.2 Å². The summed E-state index contributed by atoms with van der Waals surface area (Å²) in [5.74, 6) is -0.804. The van der Waals surface area contributed by atoms with Crippen molar-refractivity contribution in [2.24, 2.45) is 0 Å². The highest BCUT2D eigenvalue weighted by molar-refractivity contribution is 6.05. The van der Waals surface area contributed by atoms with Gasteiger partial charge in [0.05, 0.1) is 5.69 Å². The molecule has 0 bridgehead atoms. The van der Waals surface area contributed by atoms with Crippen LogP contribution in [0.3, 0.4) is 0 Å². The molecule has 0 radical (unpaired) electrons. The third-order valence-electron chi connectivity index (χ3n) is 5.68. The van der Waals surface area contributed by atoms with Crippen molar-refractivity contribution in [1.29, 1.82) is 0 Å². The number of carbonyl (C=O) groups excluding carboxylic acids is 2. The lowest BCUT2D eigenvalue weighted by molar-refractivity contribution is -0.121. The summed E-state index contributed by atoms with van der Waals surface area (Å²) in [5, 5.41) is 10.3. The van der Waals surface area contributed by atoms with Gasteiger partial charge in [-0.3, -0.25) is 19.6 Å². The van der Waals surface area contributed by atoms with Gasteiger partial charge in [-0.05, 0) is 57.5 Å². The first-order valence-corrected chi connectivity index (χ1v) is 10.3. The number of benzene rings is 2.